The molecule has 0 saturated carbocycles. The van der Waals surface area contributed by atoms with Crippen LogP contribution in [0, 0.1) is 32.6 Å². The summed E-state index contributed by atoms with van der Waals surface area (Å²) >= 11 is 1.54. The number of carbonyl (C=O) groups is 3. The van der Waals surface area contributed by atoms with Gasteiger partial charge in [-0.2, -0.15) is 13.2 Å². The highest BCUT2D eigenvalue weighted by Crippen LogP contribution is 2.52. The normalized spacial score (nSPS) is 18.5. The third-order valence-electron chi connectivity index (χ3n) is 16.9. The van der Waals surface area contributed by atoms with Gasteiger partial charge in [0.15, 0.2) is 0 Å². The van der Waals surface area contributed by atoms with E-state index in [0.717, 1.165) is 21.7 Å². The van der Waals surface area contributed by atoms with Gasteiger partial charge in [-0.25, -0.2) is 13.4 Å². The minimum Gasteiger partial charge on any atom is -0.494 e. The fraction of sp³-hybridized carbons (Fsp3) is 0.362. The molecule has 1 aromatic heterocycles. The number of hydrogen-bond donors (Lipinski definition) is 3. The molecular weight excluding hydrogens is 1270 g/mol. The number of likely N-dealkylation sites (tertiary alicyclic amines) is 1. The van der Waals surface area contributed by atoms with Crippen LogP contribution in [0.3, 0.4) is 0 Å². The molecule has 3 aliphatic rings. The first kappa shape index (κ1) is 68.6. The first-order valence-corrected chi connectivity index (χ1v) is 33.3. The van der Waals surface area contributed by atoms with E-state index in [1.54, 1.807) is 110 Å². The zero-order valence-corrected chi connectivity index (χ0v) is 54.3. The zero-order chi connectivity index (χ0) is 67.9. The number of rotatable bonds is 27. The molecular formula is C69H72F3N7O14S2. The molecule has 0 spiro atoms. The Morgan fingerprint density at radius 2 is 1.27 bits per heavy atom. The first-order valence-electron chi connectivity index (χ1n) is 30.9. The number of alkyl halides is 3. The van der Waals surface area contributed by atoms with Crippen molar-refractivity contribution in [2.45, 2.75) is 134 Å². The van der Waals surface area contributed by atoms with Crippen LogP contribution < -0.4 is 29.1 Å². The summed E-state index contributed by atoms with van der Waals surface area (Å²) in [6.45, 7) is 7.60. The third kappa shape index (κ3) is 16.6. The highest BCUT2D eigenvalue weighted by Gasteiger charge is 2.55. The standard InChI is InChI=1S/C69H72F3N7O14S2/c1-42(46-14-16-49(17-15-46)64-43(2)73-41-94-64)74-66(82)57-35-53(80)37-76(57)67(83)65(68(3,4)5)75-60(81)9-7-6-8-34-90-54-32-26-50(27-33-54)77(40-69(70,71)72)95(88,89)59-36-58-61(47-18-28-55(29-19-47)91-38-44-10-22-51(23-11-44)78(84)85)62(63(59)93-58)48-20-30-56(31-21-48)92-39-45-12-24-52(25-13-45)79(86)87/h10-33,41-42,53,57-59,63,65,80H,6-9,34-40H2,1-5H3,(H,74,82)(H,75,81). The summed E-state index contributed by atoms with van der Waals surface area (Å²) < 4.78 is 98.3. The number of amides is 3. The molecule has 500 valence electrons. The van der Waals surface area contributed by atoms with E-state index in [-0.39, 0.29) is 74.3 Å². The maximum Gasteiger partial charge on any atom is 0.407 e. The summed E-state index contributed by atoms with van der Waals surface area (Å²) in [5.74, 6) is -0.175. The molecule has 3 aliphatic heterocycles. The topological polar surface area (TPSA) is 272 Å². The lowest BCUT2D eigenvalue weighted by molar-refractivity contribution is -0.385. The predicted octanol–water partition coefficient (Wildman–Crippen LogP) is 12.3. The molecule has 3 N–H and O–H groups in total. The molecule has 7 unspecified atom stereocenters. The number of unbranched alkanes of at least 4 members (excludes halogenated alkanes) is 2. The van der Waals surface area contributed by atoms with Crippen molar-refractivity contribution in [1.82, 2.24) is 20.5 Å². The maximum absolute atomic E-state index is 14.9. The molecule has 2 saturated heterocycles. The molecule has 4 heterocycles. The van der Waals surface area contributed by atoms with Crippen LogP contribution in [0.4, 0.5) is 30.2 Å². The quantitative estimate of drug-likeness (QED) is 0.0245. The van der Waals surface area contributed by atoms with Gasteiger partial charge in [0.05, 0.1) is 56.5 Å². The fourth-order valence-electron chi connectivity index (χ4n) is 11.9. The van der Waals surface area contributed by atoms with Crippen molar-refractivity contribution in [3.63, 3.8) is 0 Å². The molecule has 26 heteroatoms. The van der Waals surface area contributed by atoms with E-state index in [1.165, 1.54) is 53.4 Å². The van der Waals surface area contributed by atoms with E-state index in [9.17, 15) is 61.3 Å². The number of aromatic nitrogens is 1. The highest BCUT2D eigenvalue weighted by molar-refractivity contribution is 7.93. The Labute approximate surface area is 551 Å². The van der Waals surface area contributed by atoms with Gasteiger partial charge in [-0.3, -0.25) is 38.9 Å². The number of ether oxygens (including phenoxy) is 4. The van der Waals surface area contributed by atoms with Crippen LogP contribution in [0.1, 0.15) is 106 Å². The second-order valence-electron chi connectivity index (χ2n) is 24.8. The molecule has 7 atom stereocenters. The van der Waals surface area contributed by atoms with Gasteiger partial charge in [-0.05, 0) is 162 Å². The van der Waals surface area contributed by atoms with E-state index < -0.39 is 91.5 Å². The van der Waals surface area contributed by atoms with Crippen molar-refractivity contribution in [2.24, 2.45) is 5.41 Å². The van der Waals surface area contributed by atoms with Gasteiger partial charge in [0.2, 0.25) is 27.7 Å². The van der Waals surface area contributed by atoms with Gasteiger partial charge in [0.1, 0.15) is 60.4 Å². The molecule has 10 rings (SSSR count). The fourth-order valence-corrected chi connectivity index (χ4v) is 14.8. The first-order chi connectivity index (χ1) is 45.2. The van der Waals surface area contributed by atoms with Crippen LogP contribution in [0.5, 0.6) is 17.2 Å². The van der Waals surface area contributed by atoms with Crippen molar-refractivity contribution in [3.8, 4) is 27.7 Å². The number of aryl methyl sites for hydroxylation is 1. The van der Waals surface area contributed by atoms with Crippen molar-refractivity contribution in [3.05, 3.63) is 205 Å². The Morgan fingerprint density at radius 3 is 1.80 bits per heavy atom. The molecule has 6 aromatic carbocycles. The van der Waals surface area contributed by atoms with Gasteiger partial charge in [-0.1, -0.05) is 69.3 Å². The number of β-amino-alcohol motifs (C(OH)–C–C–N with tert-alkyl or cyclic N) is 1. The van der Waals surface area contributed by atoms with Gasteiger partial charge < -0.3 is 39.6 Å². The Bertz CT molecular complexity index is 4040. The lowest BCUT2D eigenvalue weighted by atomic mass is 9.83. The monoisotopic (exact) mass is 1340 g/mol. The Morgan fingerprint density at radius 1 is 0.737 bits per heavy atom. The van der Waals surface area contributed by atoms with Gasteiger partial charge in [-0.15, -0.1) is 11.3 Å². The smallest absolute Gasteiger partial charge is 0.407 e. The number of non-ortho nitro benzene ring substituents is 2. The summed E-state index contributed by atoms with van der Waals surface area (Å²) in [5.41, 5.74) is 6.98. The molecule has 2 fully saturated rings. The number of hydrogen-bond acceptors (Lipinski definition) is 16. The number of nitro groups is 2. The van der Waals surface area contributed by atoms with Crippen LogP contribution >= 0.6 is 11.3 Å². The number of thiazole rings is 1. The summed E-state index contributed by atoms with van der Waals surface area (Å²) in [4.78, 5) is 69.5. The molecule has 21 nitrogen and oxygen atoms in total. The predicted molar refractivity (Wildman–Crippen MR) is 351 cm³/mol. The summed E-state index contributed by atoms with van der Waals surface area (Å²) in [5, 5.41) is 37.5. The minimum atomic E-state index is -4.97. The number of halogens is 3. The molecule has 7 aromatic rings. The average molecular weight is 1340 g/mol. The Hall–Kier alpha value is -9.24. The molecule has 95 heavy (non-hydrogen) atoms. The summed E-state index contributed by atoms with van der Waals surface area (Å²) in [6, 6.07) is 36.1. The number of aliphatic hydroxyl groups excluding tert-OH is 1. The third-order valence-corrected chi connectivity index (χ3v) is 20.1. The van der Waals surface area contributed by atoms with E-state index in [0.29, 0.717) is 68.5 Å². The number of nitrogens with zero attached hydrogens (tertiary/aromatic N) is 5. The number of sulfonamides is 1. The average Bonchev–Trinajstić information content (AvgIpc) is 1.59. The Balaban J connectivity index is 0.758. The van der Waals surface area contributed by atoms with Crippen LogP contribution in [-0.2, 0) is 42.4 Å². The molecule has 3 amide bonds. The van der Waals surface area contributed by atoms with Crippen LogP contribution in [-0.4, -0.2) is 112 Å². The van der Waals surface area contributed by atoms with Crippen molar-refractivity contribution < 1.29 is 69.9 Å². The number of nitro benzene ring substituents is 2. The van der Waals surface area contributed by atoms with Gasteiger partial charge >= 0.3 is 6.18 Å². The summed E-state index contributed by atoms with van der Waals surface area (Å²) in [7, 11) is -4.86. The summed E-state index contributed by atoms with van der Waals surface area (Å²) in [6.07, 6.45) is -6.70. The van der Waals surface area contributed by atoms with Crippen molar-refractivity contribution in [1.29, 1.82) is 0 Å². The van der Waals surface area contributed by atoms with Gasteiger partial charge in [0, 0.05) is 43.7 Å². The minimum absolute atomic E-state index is 0.0320. The second-order valence-corrected chi connectivity index (χ2v) is 27.8. The zero-order valence-electron chi connectivity index (χ0n) is 52.7. The van der Waals surface area contributed by atoms with E-state index in [4.69, 9.17) is 18.9 Å². The van der Waals surface area contributed by atoms with Gasteiger partial charge in [0.25, 0.3) is 11.4 Å². The van der Waals surface area contributed by atoms with Crippen LogP contribution in [0.2, 0.25) is 0 Å². The number of fused-ring (bicyclic) bond motifs is 2. The molecule has 0 radical (unpaired) electrons. The number of nitrogens with one attached hydrogen (secondary N) is 2. The highest BCUT2D eigenvalue weighted by atomic mass is 32.2. The second kappa shape index (κ2) is 29.2. The van der Waals surface area contributed by atoms with E-state index in [2.05, 4.69) is 15.6 Å². The van der Waals surface area contributed by atoms with Crippen molar-refractivity contribution in [2.75, 3.05) is 24.0 Å². The number of aliphatic hydroxyl groups is 1. The van der Waals surface area contributed by atoms with E-state index in [1.807, 2.05) is 38.1 Å². The number of carbonyl (C=O) groups excluding carboxylic acids is 3. The lowest BCUT2D eigenvalue weighted by Crippen LogP contribution is -2.57. The largest absolute Gasteiger partial charge is 0.494 e. The Kier molecular flexibility index (Phi) is 21.1. The van der Waals surface area contributed by atoms with Crippen LogP contribution in [0.15, 0.2) is 151 Å². The van der Waals surface area contributed by atoms with Crippen molar-refractivity contribution >= 4 is 67.3 Å². The number of benzene rings is 6. The lowest BCUT2D eigenvalue weighted by Gasteiger charge is -2.35. The number of anilines is 1. The molecule has 2 bridgehead atoms. The SMILES string of the molecule is Cc1ncsc1-c1ccc(C(C)NC(=O)C2CC(O)CN2C(=O)C(NC(=O)CCCCCOc2ccc(N(CC(F)(F)F)S(=O)(=O)C3CC4OC3C(c3ccc(OCc5ccc([N+](=O)[O-])cc5)cc3)=C4c3ccc(OCc4ccc([N+](=O)[O-])cc4)cc3)cc2)C(C)(C)C)cc1. The molecule has 0 aliphatic carbocycles. The van der Waals surface area contributed by atoms with E-state index >= 15 is 0 Å². The van der Waals surface area contributed by atoms with Crippen LogP contribution in [0.25, 0.3) is 21.6 Å². The maximum atomic E-state index is 14.9.